The molecule has 0 radical (unpaired) electrons. The first-order valence-corrected chi connectivity index (χ1v) is 6.83. The number of ether oxygens (including phenoxy) is 2. The molecule has 0 aliphatic rings. The number of carbonyl (C=O) groups excluding carboxylic acids is 1. The highest BCUT2D eigenvalue weighted by Gasteiger charge is 2.22. The van der Waals surface area contributed by atoms with Crippen LogP contribution in [0.15, 0.2) is 36.4 Å². The van der Waals surface area contributed by atoms with E-state index in [0.717, 1.165) is 12.1 Å². The first-order chi connectivity index (χ1) is 11.9. The van der Waals surface area contributed by atoms with Crippen molar-refractivity contribution in [2.24, 2.45) is 0 Å². The lowest BCUT2D eigenvalue weighted by Gasteiger charge is -2.11. The number of nitro groups is 2. The van der Waals surface area contributed by atoms with Gasteiger partial charge in [0, 0.05) is 12.1 Å². The van der Waals surface area contributed by atoms with E-state index in [1.54, 1.807) is 0 Å². The van der Waals surface area contributed by atoms with Gasteiger partial charge in [0.1, 0.15) is 17.1 Å². The zero-order chi connectivity index (χ0) is 18.6. The Morgan fingerprint density at radius 3 is 2.28 bits per heavy atom. The molecule has 10 heteroatoms. The van der Waals surface area contributed by atoms with Gasteiger partial charge in [-0.1, -0.05) is 0 Å². The van der Waals surface area contributed by atoms with Gasteiger partial charge in [-0.25, -0.2) is 0 Å². The molecule has 0 saturated heterocycles. The van der Waals surface area contributed by atoms with Gasteiger partial charge < -0.3 is 14.8 Å². The third kappa shape index (κ3) is 3.80. The quantitative estimate of drug-likeness (QED) is 0.627. The molecule has 1 amide bonds. The first kappa shape index (κ1) is 17.7. The zero-order valence-electron chi connectivity index (χ0n) is 13.2. The Hall–Kier alpha value is -3.69. The lowest BCUT2D eigenvalue weighted by molar-refractivity contribution is -0.385. The van der Waals surface area contributed by atoms with Crippen molar-refractivity contribution in [1.82, 2.24) is 0 Å². The normalized spacial score (nSPS) is 10.0. The van der Waals surface area contributed by atoms with Crippen molar-refractivity contribution in [2.45, 2.75) is 0 Å². The molecule has 1 N–H and O–H groups in total. The van der Waals surface area contributed by atoms with Crippen molar-refractivity contribution in [3.05, 3.63) is 62.2 Å². The average Bonchev–Trinajstić information content (AvgIpc) is 2.60. The van der Waals surface area contributed by atoms with Gasteiger partial charge in [-0.05, 0) is 18.2 Å². The van der Waals surface area contributed by atoms with E-state index in [1.807, 2.05) is 0 Å². The van der Waals surface area contributed by atoms with Gasteiger partial charge in [-0.15, -0.1) is 0 Å². The van der Waals surface area contributed by atoms with E-state index in [0.29, 0.717) is 0 Å². The largest absolute Gasteiger partial charge is 0.497 e. The van der Waals surface area contributed by atoms with Crippen molar-refractivity contribution in [1.29, 1.82) is 0 Å². The molecule has 10 nitrogen and oxygen atoms in total. The van der Waals surface area contributed by atoms with Gasteiger partial charge in [-0.2, -0.15) is 0 Å². The van der Waals surface area contributed by atoms with Crippen molar-refractivity contribution in [2.75, 3.05) is 19.5 Å². The summed E-state index contributed by atoms with van der Waals surface area (Å²) in [4.78, 5) is 33.0. The van der Waals surface area contributed by atoms with Crippen LogP contribution in [0.4, 0.5) is 17.1 Å². The fourth-order valence-corrected chi connectivity index (χ4v) is 2.07. The minimum atomic E-state index is -0.780. The smallest absolute Gasteiger partial charge is 0.282 e. The van der Waals surface area contributed by atoms with Crippen molar-refractivity contribution < 1.29 is 24.1 Å². The fraction of sp³-hybridized carbons (Fsp3) is 0.133. The molecule has 0 aromatic heterocycles. The topological polar surface area (TPSA) is 134 Å². The number of hydrogen-bond donors (Lipinski definition) is 1. The number of rotatable bonds is 6. The summed E-state index contributed by atoms with van der Waals surface area (Å²) in [6.45, 7) is 0. The summed E-state index contributed by atoms with van der Waals surface area (Å²) in [5.74, 6) is -0.461. The summed E-state index contributed by atoms with van der Waals surface area (Å²) in [5, 5.41) is 24.3. The number of anilines is 1. The molecule has 0 saturated carbocycles. The third-order valence-electron chi connectivity index (χ3n) is 3.29. The molecule has 2 aromatic carbocycles. The molecule has 25 heavy (non-hydrogen) atoms. The highest BCUT2D eigenvalue weighted by atomic mass is 16.6. The van der Waals surface area contributed by atoms with E-state index < -0.39 is 21.4 Å². The van der Waals surface area contributed by atoms with Gasteiger partial charge in [0.15, 0.2) is 0 Å². The summed E-state index contributed by atoms with van der Waals surface area (Å²) in [6, 6.07) is 7.34. The van der Waals surface area contributed by atoms with Gasteiger partial charge in [-0.3, -0.25) is 25.0 Å². The Morgan fingerprint density at radius 2 is 1.72 bits per heavy atom. The lowest BCUT2D eigenvalue weighted by atomic mass is 10.1. The summed E-state index contributed by atoms with van der Waals surface area (Å²) in [5.41, 5.74) is -0.707. The lowest BCUT2D eigenvalue weighted by Crippen LogP contribution is -2.15. The van der Waals surface area contributed by atoms with Crippen LogP contribution in [-0.2, 0) is 0 Å². The first-order valence-electron chi connectivity index (χ1n) is 6.83. The molecular formula is C15H13N3O7. The van der Waals surface area contributed by atoms with Crippen molar-refractivity contribution in [3.63, 3.8) is 0 Å². The van der Waals surface area contributed by atoms with Crippen LogP contribution in [0, 0.1) is 20.2 Å². The minimum Gasteiger partial charge on any atom is -0.497 e. The van der Waals surface area contributed by atoms with E-state index in [-0.39, 0.29) is 28.4 Å². The Bertz CT molecular complexity index is 851. The third-order valence-corrected chi connectivity index (χ3v) is 3.29. The molecule has 2 rings (SSSR count). The predicted molar refractivity (Wildman–Crippen MR) is 87.3 cm³/mol. The number of non-ortho nitro benzene ring substituents is 1. The van der Waals surface area contributed by atoms with Crippen LogP contribution in [0.2, 0.25) is 0 Å². The van der Waals surface area contributed by atoms with E-state index >= 15 is 0 Å². The van der Waals surface area contributed by atoms with Crippen LogP contribution < -0.4 is 14.8 Å². The van der Waals surface area contributed by atoms with Crippen LogP contribution >= 0.6 is 0 Å². The highest BCUT2D eigenvalue weighted by molar-refractivity contribution is 6.08. The summed E-state index contributed by atoms with van der Waals surface area (Å²) in [6.07, 6.45) is 0. The van der Waals surface area contributed by atoms with Crippen LogP contribution in [0.25, 0.3) is 0 Å². The number of methoxy groups -OCH3 is 2. The molecular weight excluding hydrogens is 334 g/mol. The summed E-state index contributed by atoms with van der Waals surface area (Å²) >= 11 is 0. The number of carbonyl (C=O) groups is 1. The molecule has 0 fully saturated rings. The molecule has 0 spiro atoms. The van der Waals surface area contributed by atoms with Gasteiger partial charge >= 0.3 is 0 Å². The average molecular weight is 347 g/mol. The fourth-order valence-electron chi connectivity index (χ4n) is 2.07. The van der Waals surface area contributed by atoms with Crippen LogP contribution in [0.3, 0.4) is 0 Å². The zero-order valence-corrected chi connectivity index (χ0v) is 13.2. The maximum atomic E-state index is 12.4. The molecule has 0 atom stereocenters. The molecule has 0 aliphatic heterocycles. The molecule has 0 bridgehead atoms. The summed E-state index contributed by atoms with van der Waals surface area (Å²) < 4.78 is 9.99. The standard InChI is InChI=1S/C15H13N3O7/c1-24-10-4-6-13(18(22)23)11(8-10)15(19)16-12-5-3-9(17(20)21)7-14(12)25-2/h3-8H,1-2H3,(H,16,19). The maximum absolute atomic E-state index is 12.4. The number of benzene rings is 2. The predicted octanol–water partition coefficient (Wildman–Crippen LogP) is 2.77. The van der Waals surface area contributed by atoms with Crippen molar-refractivity contribution >= 4 is 23.0 Å². The Kier molecular flexibility index (Phi) is 5.12. The number of nitro benzene ring substituents is 2. The Labute approximate surface area is 141 Å². The van der Waals surface area contributed by atoms with Crippen LogP contribution in [-0.4, -0.2) is 30.0 Å². The summed E-state index contributed by atoms with van der Waals surface area (Å²) in [7, 11) is 2.64. The number of amides is 1. The Morgan fingerprint density at radius 1 is 1.00 bits per heavy atom. The minimum absolute atomic E-state index is 0.0492. The number of nitrogens with one attached hydrogen (secondary N) is 1. The van der Waals surface area contributed by atoms with E-state index in [1.165, 1.54) is 38.5 Å². The molecule has 0 aliphatic carbocycles. The number of hydrogen-bond acceptors (Lipinski definition) is 7. The number of nitrogens with zero attached hydrogens (tertiary/aromatic N) is 2. The maximum Gasteiger partial charge on any atom is 0.282 e. The second-order valence-electron chi connectivity index (χ2n) is 4.74. The van der Waals surface area contributed by atoms with Crippen LogP contribution in [0.1, 0.15) is 10.4 Å². The molecule has 2 aromatic rings. The van der Waals surface area contributed by atoms with E-state index in [4.69, 9.17) is 9.47 Å². The molecule has 0 heterocycles. The van der Waals surface area contributed by atoms with E-state index in [2.05, 4.69) is 5.32 Å². The van der Waals surface area contributed by atoms with E-state index in [9.17, 15) is 25.0 Å². The van der Waals surface area contributed by atoms with Gasteiger partial charge in [0.05, 0.1) is 35.8 Å². The Balaban J connectivity index is 2.40. The molecule has 130 valence electrons. The second kappa shape index (κ2) is 7.25. The van der Waals surface area contributed by atoms with Crippen molar-refractivity contribution in [3.8, 4) is 11.5 Å². The second-order valence-corrected chi connectivity index (χ2v) is 4.74. The van der Waals surface area contributed by atoms with Crippen LogP contribution in [0.5, 0.6) is 11.5 Å². The SMILES string of the molecule is COc1ccc([N+](=O)[O-])c(C(=O)Nc2ccc([N+](=O)[O-])cc2OC)c1. The van der Waals surface area contributed by atoms with Gasteiger partial charge in [0.25, 0.3) is 17.3 Å². The highest BCUT2D eigenvalue weighted by Crippen LogP contribution is 2.31. The van der Waals surface area contributed by atoms with Gasteiger partial charge in [0.2, 0.25) is 0 Å². The monoisotopic (exact) mass is 347 g/mol. The molecule has 0 unspecified atom stereocenters.